The minimum absolute atomic E-state index is 0.189. The van der Waals surface area contributed by atoms with E-state index in [0.717, 1.165) is 30.0 Å². The maximum atomic E-state index is 8.82. The van der Waals surface area contributed by atoms with Crippen LogP contribution in [-0.2, 0) is 6.54 Å². The third kappa shape index (κ3) is 2.23. The lowest BCUT2D eigenvalue weighted by molar-refractivity contribution is 0.280. The van der Waals surface area contributed by atoms with Gasteiger partial charge in [0.2, 0.25) is 0 Å². The van der Waals surface area contributed by atoms with Crippen molar-refractivity contribution in [3.05, 3.63) is 36.7 Å². The second kappa shape index (κ2) is 4.81. The summed E-state index contributed by atoms with van der Waals surface area (Å²) in [5.74, 6) is 0.890. The number of anilines is 1. The summed E-state index contributed by atoms with van der Waals surface area (Å²) in [4.78, 5) is 4.31. The first kappa shape index (κ1) is 10.7. The molecule has 0 bridgehead atoms. The van der Waals surface area contributed by atoms with Crippen LogP contribution >= 0.6 is 0 Å². The van der Waals surface area contributed by atoms with Crippen LogP contribution in [0, 0.1) is 0 Å². The van der Waals surface area contributed by atoms with Gasteiger partial charge in [0.05, 0.1) is 0 Å². The van der Waals surface area contributed by atoms with Gasteiger partial charge in [0.25, 0.3) is 0 Å². The van der Waals surface area contributed by atoms with Gasteiger partial charge in [-0.1, -0.05) is 12.1 Å². The van der Waals surface area contributed by atoms with Crippen molar-refractivity contribution in [1.29, 1.82) is 0 Å². The molecule has 4 heteroatoms. The summed E-state index contributed by atoms with van der Waals surface area (Å²) >= 11 is 0. The number of hydrogen-bond donors (Lipinski definition) is 2. The fourth-order valence-corrected chi connectivity index (χ4v) is 1.67. The lowest BCUT2D eigenvalue weighted by Gasteiger charge is -2.07. The number of hydrogen-bond acceptors (Lipinski definition) is 3. The Labute approximate surface area is 94.4 Å². The summed E-state index contributed by atoms with van der Waals surface area (Å²) < 4.78 is 2.02. The maximum Gasteiger partial charge on any atom is 0.139 e. The molecule has 0 aliphatic rings. The molecule has 1 heterocycles. The zero-order chi connectivity index (χ0) is 11.4. The number of aliphatic hydroxyl groups is 1. The third-order valence-corrected chi connectivity index (χ3v) is 2.42. The second-order valence-corrected chi connectivity index (χ2v) is 3.65. The van der Waals surface area contributed by atoms with Gasteiger partial charge in [-0.15, -0.1) is 0 Å². The van der Waals surface area contributed by atoms with Crippen LogP contribution in [0.4, 0.5) is 5.69 Å². The Morgan fingerprint density at radius 2 is 2.25 bits per heavy atom. The topological polar surface area (TPSA) is 64.1 Å². The number of nitrogens with two attached hydrogens (primary N) is 1. The second-order valence-electron chi connectivity index (χ2n) is 3.65. The van der Waals surface area contributed by atoms with E-state index in [1.165, 1.54) is 0 Å². The SMILES string of the molecule is Nc1cccc(-c2nccn2CCCO)c1. The summed E-state index contributed by atoms with van der Waals surface area (Å²) in [6, 6.07) is 7.64. The average Bonchev–Trinajstić information content (AvgIpc) is 2.74. The van der Waals surface area contributed by atoms with Crippen LogP contribution in [0.2, 0.25) is 0 Å². The van der Waals surface area contributed by atoms with E-state index in [1.807, 2.05) is 35.0 Å². The molecule has 84 valence electrons. The molecule has 0 unspecified atom stereocenters. The molecule has 2 aromatic rings. The lowest BCUT2D eigenvalue weighted by Crippen LogP contribution is -2.01. The number of aromatic nitrogens is 2. The molecule has 0 saturated carbocycles. The summed E-state index contributed by atoms with van der Waals surface area (Å²) in [6.07, 6.45) is 4.40. The van der Waals surface area contributed by atoms with Gasteiger partial charge in [-0.2, -0.15) is 0 Å². The summed E-state index contributed by atoms with van der Waals surface area (Å²) in [6.45, 7) is 0.954. The molecule has 16 heavy (non-hydrogen) atoms. The molecule has 0 spiro atoms. The zero-order valence-electron chi connectivity index (χ0n) is 9.00. The number of nitrogens with zero attached hydrogens (tertiary/aromatic N) is 2. The van der Waals surface area contributed by atoms with Crippen molar-refractivity contribution in [3.8, 4) is 11.4 Å². The highest BCUT2D eigenvalue weighted by atomic mass is 16.3. The van der Waals surface area contributed by atoms with Crippen molar-refractivity contribution < 1.29 is 5.11 Å². The predicted octanol–water partition coefficient (Wildman–Crippen LogP) is 1.51. The van der Waals surface area contributed by atoms with E-state index >= 15 is 0 Å². The van der Waals surface area contributed by atoms with Gasteiger partial charge >= 0.3 is 0 Å². The Hall–Kier alpha value is -1.81. The first-order valence-corrected chi connectivity index (χ1v) is 5.29. The molecule has 3 N–H and O–H groups in total. The molecule has 4 nitrogen and oxygen atoms in total. The molecular weight excluding hydrogens is 202 g/mol. The average molecular weight is 217 g/mol. The van der Waals surface area contributed by atoms with Gasteiger partial charge in [0, 0.05) is 36.8 Å². The quantitative estimate of drug-likeness (QED) is 0.763. The van der Waals surface area contributed by atoms with E-state index in [-0.39, 0.29) is 6.61 Å². The molecule has 1 aromatic carbocycles. The summed E-state index contributed by atoms with van der Waals surface area (Å²) in [5, 5.41) is 8.82. The van der Waals surface area contributed by atoms with E-state index < -0.39 is 0 Å². The van der Waals surface area contributed by atoms with Gasteiger partial charge in [-0.25, -0.2) is 4.98 Å². The van der Waals surface area contributed by atoms with Crippen molar-refractivity contribution >= 4 is 5.69 Å². The Balaban J connectivity index is 2.29. The van der Waals surface area contributed by atoms with E-state index in [9.17, 15) is 0 Å². The van der Waals surface area contributed by atoms with Crippen LogP contribution < -0.4 is 5.73 Å². The first-order chi connectivity index (χ1) is 7.81. The number of imidazole rings is 1. The smallest absolute Gasteiger partial charge is 0.139 e. The van der Waals surface area contributed by atoms with Gasteiger partial charge in [0.1, 0.15) is 5.82 Å². The van der Waals surface area contributed by atoms with Gasteiger partial charge in [0.15, 0.2) is 0 Å². The molecule has 0 amide bonds. The van der Waals surface area contributed by atoms with Crippen molar-refractivity contribution in [2.45, 2.75) is 13.0 Å². The van der Waals surface area contributed by atoms with Crippen molar-refractivity contribution in [2.75, 3.05) is 12.3 Å². The van der Waals surface area contributed by atoms with Crippen molar-refractivity contribution in [3.63, 3.8) is 0 Å². The minimum atomic E-state index is 0.189. The highest BCUT2D eigenvalue weighted by Crippen LogP contribution is 2.19. The van der Waals surface area contributed by atoms with E-state index in [2.05, 4.69) is 4.98 Å². The maximum absolute atomic E-state index is 8.82. The normalized spacial score (nSPS) is 10.6. The summed E-state index contributed by atoms with van der Waals surface area (Å²) in [7, 11) is 0. The Morgan fingerprint density at radius 3 is 3.00 bits per heavy atom. The van der Waals surface area contributed by atoms with Gasteiger partial charge in [-0.05, 0) is 18.6 Å². The fourth-order valence-electron chi connectivity index (χ4n) is 1.67. The van der Waals surface area contributed by atoms with E-state index in [1.54, 1.807) is 6.20 Å². The Bertz CT molecular complexity index is 465. The molecule has 1 aromatic heterocycles. The van der Waals surface area contributed by atoms with E-state index in [4.69, 9.17) is 10.8 Å². The van der Waals surface area contributed by atoms with Crippen LogP contribution in [-0.4, -0.2) is 21.3 Å². The number of rotatable bonds is 4. The number of aryl methyl sites for hydroxylation is 1. The highest BCUT2D eigenvalue weighted by molar-refractivity contribution is 5.61. The summed E-state index contributed by atoms with van der Waals surface area (Å²) in [5.41, 5.74) is 7.47. The van der Waals surface area contributed by atoms with Crippen molar-refractivity contribution in [1.82, 2.24) is 9.55 Å². The molecule has 0 atom stereocenters. The number of aliphatic hydroxyl groups excluding tert-OH is 1. The highest BCUT2D eigenvalue weighted by Gasteiger charge is 2.05. The molecule has 0 fully saturated rings. The lowest BCUT2D eigenvalue weighted by atomic mass is 10.2. The monoisotopic (exact) mass is 217 g/mol. The molecule has 2 rings (SSSR count). The molecular formula is C12H15N3O. The Morgan fingerprint density at radius 1 is 1.38 bits per heavy atom. The molecule has 0 saturated heterocycles. The first-order valence-electron chi connectivity index (χ1n) is 5.29. The van der Waals surface area contributed by atoms with Crippen LogP contribution in [0.5, 0.6) is 0 Å². The van der Waals surface area contributed by atoms with E-state index in [0.29, 0.717) is 0 Å². The Kier molecular flexibility index (Phi) is 3.22. The van der Waals surface area contributed by atoms with Crippen LogP contribution in [0.25, 0.3) is 11.4 Å². The van der Waals surface area contributed by atoms with Gasteiger partial charge < -0.3 is 15.4 Å². The molecule has 0 radical (unpaired) electrons. The molecule has 0 aliphatic carbocycles. The predicted molar refractivity (Wildman–Crippen MR) is 63.8 cm³/mol. The third-order valence-electron chi connectivity index (χ3n) is 2.42. The fraction of sp³-hybridized carbons (Fsp3) is 0.250. The number of nitrogen functional groups attached to an aromatic ring is 1. The minimum Gasteiger partial charge on any atom is -0.399 e. The van der Waals surface area contributed by atoms with Crippen LogP contribution in [0.1, 0.15) is 6.42 Å². The van der Waals surface area contributed by atoms with Crippen LogP contribution in [0.15, 0.2) is 36.7 Å². The largest absolute Gasteiger partial charge is 0.399 e. The zero-order valence-corrected chi connectivity index (χ0v) is 9.00. The standard InChI is InChI=1S/C12H15N3O/c13-11-4-1-3-10(9-11)12-14-5-7-15(12)6-2-8-16/h1,3-5,7,9,16H,2,6,8,13H2. The van der Waals surface area contributed by atoms with Gasteiger partial charge in [-0.3, -0.25) is 0 Å². The van der Waals surface area contributed by atoms with Crippen molar-refractivity contribution in [2.24, 2.45) is 0 Å². The molecule has 0 aliphatic heterocycles. The number of benzene rings is 1. The van der Waals surface area contributed by atoms with Crippen LogP contribution in [0.3, 0.4) is 0 Å².